The van der Waals surface area contributed by atoms with Crippen LogP contribution in [0.3, 0.4) is 0 Å². The van der Waals surface area contributed by atoms with E-state index in [2.05, 4.69) is 25.3 Å². The fourth-order valence-electron chi connectivity index (χ4n) is 3.97. The highest BCUT2D eigenvalue weighted by Gasteiger charge is 2.26. The number of anilines is 2. The number of benzene rings is 1. The number of carbonyl (C=O) groups excluding carboxylic acids is 1. The minimum Gasteiger partial charge on any atom is -0.495 e. The van der Waals surface area contributed by atoms with Gasteiger partial charge in [0.25, 0.3) is 5.91 Å². The van der Waals surface area contributed by atoms with E-state index in [1.165, 1.54) is 20.2 Å². The monoisotopic (exact) mass is 456 g/mol. The normalized spacial score (nSPS) is 13.4. The fraction of sp³-hybridized carbons (Fsp3) is 0.286. The Balaban J connectivity index is 1.69. The molecular formula is C21H24N6O4S. The number of hydrogen-bond acceptors (Lipinski definition) is 7. The topological polar surface area (TPSA) is 127 Å². The highest BCUT2D eigenvalue weighted by molar-refractivity contribution is 7.89. The molecule has 0 saturated carbocycles. The second kappa shape index (κ2) is 8.24. The minimum absolute atomic E-state index is 0.0339. The Kier molecular flexibility index (Phi) is 5.61. The van der Waals surface area contributed by atoms with Gasteiger partial charge in [0, 0.05) is 42.3 Å². The summed E-state index contributed by atoms with van der Waals surface area (Å²) in [5.41, 5.74) is 4.65. The van der Waals surface area contributed by atoms with E-state index in [1.807, 2.05) is 18.4 Å². The molecule has 32 heavy (non-hydrogen) atoms. The first-order valence-corrected chi connectivity index (χ1v) is 11.4. The van der Waals surface area contributed by atoms with Crippen LogP contribution in [0.15, 0.2) is 35.4 Å². The van der Waals surface area contributed by atoms with Gasteiger partial charge in [0.2, 0.25) is 16.0 Å². The number of ether oxygens (including phenoxy) is 1. The fourth-order valence-corrected chi connectivity index (χ4v) is 4.85. The van der Waals surface area contributed by atoms with Crippen molar-refractivity contribution < 1.29 is 17.9 Å². The van der Waals surface area contributed by atoms with Crippen molar-refractivity contribution in [1.82, 2.24) is 24.6 Å². The summed E-state index contributed by atoms with van der Waals surface area (Å²) in [4.78, 5) is 21.3. The first kappa shape index (κ1) is 21.8. The Morgan fingerprint density at radius 3 is 2.69 bits per heavy atom. The molecule has 11 heteroatoms. The van der Waals surface area contributed by atoms with Gasteiger partial charge >= 0.3 is 0 Å². The van der Waals surface area contributed by atoms with Crippen molar-refractivity contribution in [1.29, 1.82) is 0 Å². The minimum atomic E-state index is -3.66. The molecule has 0 aliphatic carbocycles. The summed E-state index contributed by atoms with van der Waals surface area (Å²) in [6.45, 7) is 5.20. The quantitative estimate of drug-likeness (QED) is 0.517. The summed E-state index contributed by atoms with van der Waals surface area (Å²) >= 11 is 0. The second-order valence-corrected chi connectivity index (χ2v) is 9.16. The zero-order valence-electron chi connectivity index (χ0n) is 18.2. The SMILES string of the molecule is CNS(=O)(=O)c1ccc(Nc2nccc(-c3c(C)c4n(c3C)CCNC4=O)n2)cc1OC. The van der Waals surface area contributed by atoms with Gasteiger partial charge in [-0.1, -0.05) is 0 Å². The molecule has 3 N–H and O–H groups in total. The maximum Gasteiger partial charge on any atom is 0.268 e. The van der Waals surface area contributed by atoms with Crippen molar-refractivity contribution in [3.63, 3.8) is 0 Å². The van der Waals surface area contributed by atoms with Gasteiger partial charge < -0.3 is 19.9 Å². The van der Waals surface area contributed by atoms with Gasteiger partial charge in [-0.25, -0.2) is 23.1 Å². The predicted molar refractivity (Wildman–Crippen MR) is 120 cm³/mol. The molecule has 0 radical (unpaired) electrons. The molecule has 3 aromatic rings. The number of carbonyl (C=O) groups is 1. The Bertz CT molecular complexity index is 1320. The zero-order chi connectivity index (χ0) is 23.0. The van der Waals surface area contributed by atoms with E-state index in [0.29, 0.717) is 36.1 Å². The van der Waals surface area contributed by atoms with Gasteiger partial charge in [0.05, 0.1) is 12.8 Å². The maximum atomic E-state index is 12.4. The van der Waals surface area contributed by atoms with Crippen molar-refractivity contribution in [3.05, 3.63) is 47.4 Å². The van der Waals surface area contributed by atoms with Gasteiger partial charge in [-0.05, 0) is 44.7 Å². The van der Waals surface area contributed by atoms with Crippen LogP contribution < -0.4 is 20.1 Å². The van der Waals surface area contributed by atoms with Crippen LogP contribution in [0.25, 0.3) is 11.3 Å². The molecule has 168 valence electrons. The van der Waals surface area contributed by atoms with E-state index in [1.54, 1.807) is 24.4 Å². The number of amides is 1. The molecule has 0 spiro atoms. The molecule has 10 nitrogen and oxygen atoms in total. The van der Waals surface area contributed by atoms with Crippen LogP contribution in [0, 0.1) is 13.8 Å². The Morgan fingerprint density at radius 1 is 1.22 bits per heavy atom. The van der Waals surface area contributed by atoms with Crippen LogP contribution in [0.4, 0.5) is 11.6 Å². The lowest BCUT2D eigenvalue weighted by Gasteiger charge is -2.17. The molecular weight excluding hydrogens is 432 g/mol. The molecule has 1 aliphatic rings. The van der Waals surface area contributed by atoms with Crippen LogP contribution >= 0.6 is 0 Å². The first-order valence-electron chi connectivity index (χ1n) is 9.96. The molecule has 0 unspecified atom stereocenters. The van der Waals surface area contributed by atoms with Gasteiger partial charge in [-0.2, -0.15) is 0 Å². The summed E-state index contributed by atoms with van der Waals surface area (Å²) in [5, 5.41) is 5.97. The standard InChI is InChI=1S/C21H24N6O4S/c1-12-18(13(2)27-10-9-23-20(28)19(12)27)15-7-8-24-21(26-15)25-14-5-6-17(16(11-14)31-4)32(29,30)22-3/h5-8,11,22H,9-10H2,1-4H3,(H,23,28)(H,24,25,26). The van der Waals surface area contributed by atoms with E-state index >= 15 is 0 Å². The number of fused-ring (bicyclic) bond motifs is 1. The van der Waals surface area contributed by atoms with Gasteiger partial charge in [-0.3, -0.25) is 4.79 Å². The number of nitrogens with one attached hydrogen (secondary N) is 3. The lowest BCUT2D eigenvalue weighted by molar-refractivity contribution is 0.0926. The maximum absolute atomic E-state index is 12.4. The van der Waals surface area contributed by atoms with E-state index in [4.69, 9.17) is 4.74 Å². The van der Waals surface area contributed by atoms with Crippen molar-refractivity contribution in [2.75, 3.05) is 26.0 Å². The molecule has 1 aliphatic heterocycles. The predicted octanol–water partition coefficient (Wildman–Crippen LogP) is 1.97. The molecule has 0 fully saturated rings. The number of rotatable bonds is 6. The number of nitrogens with zero attached hydrogens (tertiary/aromatic N) is 3. The summed E-state index contributed by atoms with van der Waals surface area (Å²) in [6.07, 6.45) is 1.64. The zero-order valence-corrected chi connectivity index (χ0v) is 19.0. The molecule has 0 saturated heterocycles. The van der Waals surface area contributed by atoms with Crippen molar-refractivity contribution in [3.8, 4) is 17.0 Å². The smallest absolute Gasteiger partial charge is 0.268 e. The van der Waals surface area contributed by atoms with Gasteiger partial charge in [0.1, 0.15) is 16.3 Å². The van der Waals surface area contributed by atoms with Gasteiger partial charge in [0.15, 0.2) is 0 Å². The number of aromatic nitrogens is 3. The molecule has 1 amide bonds. The number of hydrogen-bond donors (Lipinski definition) is 3. The van der Waals surface area contributed by atoms with Crippen LogP contribution in [0.2, 0.25) is 0 Å². The van der Waals surface area contributed by atoms with E-state index in [0.717, 1.165) is 16.8 Å². The third-order valence-electron chi connectivity index (χ3n) is 5.49. The largest absolute Gasteiger partial charge is 0.495 e. The van der Waals surface area contributed by atoms with Crippen LogP contribution in [-0.4, -0.2) is 49.6 Å². The summed E-state index contributed by atoms with van der Waals surface area (Å²) < 4.78 is 33.9. The van der Waals surface area contributed by atoms with E-state index in [9.17, 15) is 13.2 Å². The third kappa shape index (κ3) is 3.69. The highest BCUT2D eigenvalue weighted by Crippen LogP contribution is 2.33. The van der Waals surface area contributed by atoms with E-state index in [-0.39, 0.29) is 16.6 Å². The summed E-state index contributed by atoms with van der Waals surface area (Å²) in [6, 6.07) is 6.43. The number of sulfonamides is 1. The second-order valence-electron chi connectivity index (χ2n) is 7.31. The van der Waals surface area contributed by atoms with Crippen LogP contribution in [-0.2, 0) is 16.6 Å². The Morgan fingerprint density at radius 2 is 2.00 bits per heavy atom. The average molecular weight is 457 g/mol. The molecule has 4 rings (SSSR count). The molecule has 1 aromatic carbocycles. The van der Waals surface area contributed by atoms with E-state index < -0.39 is 10.0 Å². The van der Waals surface area contributed by atoms with Crippen molar-refractivity contribution in [2.24, 2.45) is 0 Å². The average Bonchev–Trinajstić information content (AvgIpc) is 3.04. The number of methoxy groups -OCH3 is 1. The van der Waals surface area contributed by atoms with Crippen LogP contribution in [0.1, 0.15) is 21.7 Å². The van der Waals surface area contributed by atoms with Crippen LogP contribution in [0.5, 0.6) is 5.75 Å². The molecule has 2 aromatic heterocycles. The summed E-state index contributed by atoms with van der Waals surface area (Å²) in [7, 11) is -0.913. The summed E-state index contributed by atoms with van der Waals surface area (Å²) in [5.74, 6) is 0.443. The molecule has 0 bridgehead atoms. The Labute approximate surface area is 186 Å². The lowest BCUT2D eigenvalue weighted by atomic mass is 10.1. The van der Waals surface area contributed by atoms with Crippen molar-refractivity contribution >= 4 is 27.6 Å². The third-order valence-corrected chi connectivity index (χ3v) is 6.95. The highest BCUT2D eigenvalue weighted by atomic mass is 32.2. The first-order chi connectivity index (χ1) is 15.3. The Hall–Kier alpha value is -3.44. The lowest BCUT2D eigenvalue weighted by Crippen LogP contribution is -2.35. The van der Waals surface area contributed by atoms with Crippen molar-refractivity contribution in [2.45, 2.75) is 25.3 Å². The molecule has 3 heterocycles. The molecule has 0 atom stereocenters. The van der Waals surface area contributed by atoms with Gasteiger partial charge in [-0.15, -0.1) is 0 Å².